The zero-order chi connectivity index (χ0) is 21.6. The third-order valence-corrected chi connectivity index (χ3v) is 5.44. The van der Waals surface area contributed by atoms with E-state index in [1.165, 1.54) is 53.9 Å². The topological polar surface area (TPSA) is 77.8 Å². The third kappa shape index (κ3) is 4.58. The first-order valence-electron chi connectivity index (χ1n) is 9.73. The molecule has 0 atom stereocenters. The number of fused-ring (bicyclic) bond motifs is 6. The Morgan fingerprint density at radius 1 is 0.562 bits per heavy atom. The van der Waals surface area contributed by atoms with E-state index in [0.717, 1.165) is 0 Å². The van der Waals surface area contributed by atoms with Gasteiger partial charge in [-0.05, 0) is 62.0 Å². The smallest absolute Gasteiger partial charge is 0.303 e. The van der Waals surface area contributed by atoms with Gasteiger partial charge in [-0.1, -0.05) is 47.9 Å². The Morgan fingerprint density at radius 3 is 1.66 bits per heavy atom. The van der Waals surface area contributed by atoms with Crippen molar-refractivity contribution in [2.45, 2.75) is 0 Å². The summed E-state index contributed by atoms with van der Waals surface area (Å²) in [6.45, 7) is 0. The van der Waals surface area contributed by atoms with Crippen LogP contribution in [0.2, 0.25) is 0 Å². The van der Waals surface area contributed by atoms with E-state index < -0.39 is 7.82 Å². The molecule has 3 N–H and O–H groups in total. The molecule has 0 spiro atoms. The van der Waals surface area contributed by atoms with Crippen LogP contribution in [0.25, 0.3) is 53.9 Å². The summed E-state index contributed by atoms with van der Waals surface area (Å²) in [6, 6.07) is 36.4. The van der Waals surface area contributed by atoms with Crippen LogP contribution in [-0.2, 0) is 4.57 Å². The Kier molecular flexibility index (Phi) is 6.12. The molecule has 6 aromatic rings. The standard InChI is InChI=1S/C26H15.Li.H3O4P/c1-2-7-19-13-24-16-26-22(14-23(24)12-18(19)6-1)10-9-21-11-17-5-3-4-8-20(17)15-25(21)26;;1-5(2,3)4/h1-7,9-16H;;(H3,1,2,3,4)/q-1;+1;. The molecule has 0 bridgehead atoms. The molecular weight excluding hydrogens is 414 g/mol. The zero-order valence-corrected chi connectivity index (χ0v) is 18.3. The van der Waals surface area contributed by atoms with Crippen LogP contribution in [-0.4, -0.2) is 14.7 Å². The molecule has 6 aromatic carbocycles. The molecule has 32 heavy (non-hydrogen) atoms. The van der Waals surface area contributed by atoms with Crippen molar-refractivity contribution < 1.29 is 38.1 Å². The number of benzene rings is 6. The van der Waals surface area contributed by atoms with Crippen LogP contribution in [0.15, 0.2) is 91.0 Å². The minimum Gasteiger partial charge on any atom is -0.303 e. The van der Waals surface area contributed by atoms with E-state index in [-0.39, 0.29) is 18.9 Å². The van der Waals surface area contributed by atoms with Gasteiger partial charge in [0.15, 0.2) is 0 Å². The second-order valence-corrected chi connectivity index (χ2v) is 8.56. The second kappa shape index (κ2) is 8.69. The molecule has 152 valence electrons. The first-order chi connectivity index (χ1) is 14.8. The van der Waals surface area contributed by atoms with Gasteiger partial charge in [-0.3, -0.25) is 0 Å². The summed E-state index contributed by atoms with van der Waals surface area (Å²) in [4.78, 5) is 21.6. The predicted molar refractivity (Wildman–Crippen MR) is 127 cm³/mol. The SMILES string of the molecule is O=P(O)(O)O.[Li+].[c-]1cccc2cc3ccc4cc5cc6ccccc6cc5cc4c3cc12. The van der Waals surface area contributed by atoms with Crippen molar-refractivity contribution in [2.24, 2.45) is 0 Å². The number of hydrogen-bond donors (Lipinski definition) is 3. The fourth-order valence-electron chi connectivity index (χ4n) is 4.12. The summed E-state index contributed by atoms with van der Waals surface area (Å²) in [5.41, 5.74) is 0. The maximum absolute atomic E-state index is 8.88. The summed E-state index contributed by atoms with van der Waals surface area (Å²) >= 11 is 0. The molecular formula is C26H18LiO4P. The van der Waals surface area contributed by atoms with Gasteiger partial charge in [0.25, 0.3) is 0 Å². The van der Waals surface area contributed by atoms with Gasteiger partial charge in [0.2, 0.25) is 0 Å². The maximum atomic E-state index is 8.88. The normalized spacial score (nSPS) is 11.5. The molecule has 0 heterocycles. The number of rotatable bonds is 0. The van der Waals surface area contributed by atoms with Gasteiger partial charge in [-0.25, -0.2) is 4.57 Å². The van der Waals surface area contributed by atoms with Crippen molar-refractivity contribution in [1.82, 2.24) is 0 Å². The fourth-order valence-corrected chi connectivity index (χ4v) is 4.12. The molecule has 0 amide bonds. The molecule has 4 nitrogen and oxygen atoms in total. The van der Waals surface area contributed by atoms with Crippen molar-refractivity contribution in [3.05, 3.63) is 97.1 Å². The van der Waals surface area contributed by atoms with Gasteiger partial charge >= 0.3 is 26.7 Å². The van der Waals surface area contributed by atoms with E-state index in [2.05, 4.69) is 84.9 Å². The van der Waals surface area contributed by atoms with Crippen LogP contribution in [0, 0.1) is 6.07 Å². The van der Waals surface area contributed by atoms with Crippen molar-refractivity contribution >= 4 is 61.7 Å². The Balaban J connectivity index is 0.000000372. The van der Waals surface area contributed by atoms with Crippen LogP contribution in [0.5, 0.6) is 0 Å². The van der Waals surface area contributed by atoms with Crippen molar-refractivity contribution in [3.63, 3.8) is 0 Å². The van der Waals surface area contributed by atoms with E-state index in [1.807, 2.05) is 12.1 Å². The first kappa shape index (κ1) is 22.5. The van der Waals surface area contributed by atoms with Gasteiger partial charge in [-0.2, -0.15) is 0 Å². The zero-order valence-electron chi connectivity index (χ0n) is 17.4. The maximum Gasteiger partial charge on any atom is 1.00 e. The Bertz CT molecular complexity index is 1630. The fraction of sp³-hybridized carbons (Fsp3) is 0. The Morgan fingerprint density at radius 2 is 1.03 bits per heavy atom. The summed E-state index contributed by atoms with van der Waals surface area (Å²) < 4.78 is 8.88. The van der Waals surface area contributed by atoms with Gasteiger partial charge in [-0.15, -0.1) is 41.1 Å². The molecule has 0 aliphatic carbocycles. The van der Waals surface area contributed by atoms with E-state index >= 15 is 0 Å². The largest absolute Gasteiger partial charge is 1.00 e. The summed E-state index contributed by atoms with van der Waals surface area (Å²) in [7, 11) is -4.64. The van der Waals surface area contributed by atoms with Crippen LogP contribution < -0.4 is 18.9 Å². The Hall–Kier alpha value is -2.67. The summed E-state index contributed by atoms with van der Waals surface area (Å²) in [5, 5.41) is 12.8. The number of hydrogen-bond acceptors (Lipinski definition) is 1. The monoisotopic (exact) mass is 432 g/mol. The van der Waals surface area contributed by atoms with Crippen LogP contribution in [0.3, 0.4) is 0 Å². The molecule has 0 aromatic heterocycles. The van der Waals surface area contributed by atoms with E-state index in [0.29, 0.717) is 0 Å². The average Bonchev–Trinajstić information content (AvgIpc) is 2.74. The van der Waals surface area contributed by atoms with Gasteiger partial charge in [0, 0.05) is 0 Å². The molecule has 6 rings (SSSR count). The van der Waals surface area contributed by atoms with E-state index in [9.17, 15) is 0 Å². The molecule has 0 saturated heterocycles. The molecule has 0 aliphatic heterocycles. The average molecular weight is 432 g/mol. The minimum absolute atomic E-state index is 0. The third-order valence-electron chi connectivity index (χ3n) is 5.44. The molecule has 0 unspecified atom stereocenters. The molecule has 0 saturated carbocycles. The second-order valence-electron chi connectivity index (χ2n) is 7.53. The van der Waals surface area contributed by atoms with Gasteiger partial charge in [0.05, 0.1) is 0 Å². The summed E-state index contributed by atoms with van der Waals surface area (Å²) in [5.74, 6) is 0. The van der Waals surface area contributed by atoms with Crippen molar-refractivity contribution in [2.75, 3.05) is 0 Å². The summed E-state index contributed by atoms with van der Waals surface area (Å²) in [6.07, 6.45) is 0. The van der Waals surface area contributed by atoms with Gasteiger partial charge < -0.3 is 14.7 Å². The van der Waals surface area contributed by atoms with Crippen LogP contribution in [0.1, 0.15) is 0 Å². The van der Waals surface area contributed by atoms with Crippen molar-refractivity contribution in [3.8, 4) is 0 Å². The minimum atomic E-state index is -4.64. The van der Waals surface area contributed by atoms with E-state index in [1.54, 1.807) is 0 Å². The first-order valence-corrected chi connectivity index (χ1v) is 11.3. The van der Waals surface area contributed by atoms with Crippen LogP contribution >= 0.6 is 7.82 Å². The number of phosphoric acid groups is 1. The molecule has 0 fully saturated rings. The van der Waals surface area contributed by atoms with Gasteiger partial charge in [0.1, 0.15) is 0 Å². The van der Waals surface area contributed by atoms with E-state index in [4.69, 9.17) is 19.2 Å². The predicted octanol–water partition coefficient (Wildman–Crippen LogP) is 3.33. The molecule has 0 radical (unpaired) electrons. The Labute approximate surface area is 196 Å². The molecule has 0 aliphatic rings. The molecule has 6 heteroatoms. The van der Waals surface area contributed by atoms with Crippen LogP contribution in [0.4, 0.5) is 0 Å². The quantitative estimate of drug-likeness (QED) is 0.113. The van der Waals surface area contributed by atoms with Crippen molar-refractivity contribution in [1.29, 1.82) is 0 Å².